The Morgan fingerprint density at radius 1 is 1.12 bits per heavy atom. The monoisotopic (exact) mass is 238 g/mol. The highest BCUT2D eigenvalue weighted by molar-refractivity contribution is 5.70. The van der Waals surface area contributed by atoms with Gasteiger partial charge in [0.25, 0.3) is 5.56 Å². The Hall–Kier alpha value is -1.89. The summed E-state index contributed by atoms with van der Waals surface area (Å²) in [4.78, 5) is 27.9. The summed E-state index contributed by atoms with van der Waals surface area (Å²) in [6.45, 7) is -0.0502. The summed E-state index contributed by atoms with van der Waals surface area (Å²) >= 11 is 0. The molecule has 2 aromatic heterocycles. The van der Waals surface area contributed by atoms with Gasteiger partial charge in [-0.2, -0.15) is 0 Å². The molecule has 0 bridgehead atoms. The molecule has 0 amide bonds. The minimum atomic E-state index is -0.406. The molecular formula is C10H14N4O3. The van der Waals surface area contributed by atoms with Gasteiger partial charge in [-0.15, -0.1) is 0 Å². The number of aromatic nitrogens is 4. The van der Waals surface area contributed by atoms with Gasteiger partial charge < -0.3 is 9.67 Å². The van der Waals surface area contributed by atoms with Gasteiger partial charge >= 0.3 is 5.69 Å². The van der Waals surface area contributed by atoms with Gasteiger partial charge in [-0.1, -0.05) is 0 Å². The molecule has 92 valence electrons. The number of imidazole rings is 1. The van der Waals surface area contributed by atoms with Crippen LogP contribution in [0.5, 0.6) is 0 Å². The molecule has 0 aliphatic rings. The van der Waals surface area contributed by atoms with Crippen molar-refractivity contribution in [2.45, 2.75) is 6.42 Å². The van der Waals surface area contributed by atoms with Gasteiger partial charge in [0.15, 0.2) is 11.2 Å². The first kappa shape index (κ1) is 11.6. The first-order valence-electron chi connectivity index (χ1n) is 5.21. The molecule has 2 heterocycles. The van der Waals surface area contributed by atoms with Crippen LogP contribution in [0.3, 0.4) is 0 Å². The minimum absolute atomic E-state index is 0.0502. The quantitative estimate of drug-likeness (QED) is 0.690. The molecule has 17 heavy (non-hydrogen) atoms. The molecule has 0 aromatic carbocycles. The maximum absolute atomic E-state index is 12.0. The van der Waals surface area contributed by atoms with E-state index in [9.17, 15) is 9.59 Å². The van der Waals surface area contributed by atoms with E-state index >= 15 is 0 Å². The molecule has 1 N–H and O–H groups in total. The lowest BCUT2D eigenvalue weighted by Gasteiger charge is -2.03. The zero-order valence-electron chi connectivity index (χ0n) is 9.97. The highest BCUT2D eigenvalue weighted by atomic mass is 16.3. The summed E-state index contributed by atoms with van der Waals surface area (Å²) in [5.41, 5.74) is -0.0551. The third-order valence-electron chi connectivity index (χ3n) is 2.90. The third-order valence-corrected chi connectivity index (χ3v) is 2.90. The van der Waals surface area contributed by atoms with Crippen molar-refractivity contribution < 1.29 is 5.11 Å². The van der Waals surface area contributed by atoms with Crippen molar-refractivity contribution >= 4 is 11.2 Å². The van der Waals surface area contributed by atoms with E-state index in [4.69, 9.17) is 5.11 Å². The average molecular weight is 238 g/mol. The molecule has 0 aliphatic heterocycles. The summed E-state index contributed by atoms with van der Waals surface area (Å²) in [7, 11) is 4.70. The lowest BCUT2D eigenvalue weighted by Crippen LogP contribution is -2.37. The van der Waals surface area contributed by atoms with Crippen LogP contribution in [0.4, 0.5) is 0 Å². The summed E-state index contributed by atoms with van der Waals surface area (Å²) in [5.74, 6) is 0.584. The van der Waals surface area contributed by atoms with Crippen LogP contribution in [0.1, 0.15) is 5.82 Å². The van der Waals surface area contributed by atoms with Gasteiger partial charge in [0.2, 0.25) is 0 Å². The Morgan fingerprint density at radius 2 is 1.76 bits per heavy atom. The van der Waals surface area contributed by atoms with Gasteiger partial charge in [0.1, 0.15) is 5.82 Å². The van der Waals surface area contributed by atoms with Crippen LogP contribution >= 0.6 is 0 Å². The molecule has 0 fully saturated rings. The number of rotatable bonds is 2. The molecule has 0 spiro atoms. The number of aryl methyl sites for hydroxylation is 2. The molecule has 7 nitrogen and oxygen atoms in total. The third kappa shape index (κ3) is 1.50. The van der Waals surface area contributed by atoms with E-state index < -0.39 is 5.69 Å². The molecule has 0 aliphatic carbocycles. The fourth-order valence-electron chi connectivity index (χ4n) is 1.89. The smallest absolute Gasteiger partial charge is 0.332 e. The van der Waals surface area contributed by atoms with E-state index in [2.05, 4.69) is 4.98 Å². The number of hydrogen-bond acceptors (Lipinski definition) is 4. The summed E-state index contributed by atoms with van der Waals surface area (Å²) in [5, 5.41) is 8.91. The molecule has 0 saturated heterocycles. The van der Waals surface area contributed by atoms with Crippen LogP contribution in [-0.4, -0.2) is 30.4 Å². The zero-order chi connectivity index (χ0) is 12.7. The molecule has 7 heteroatoms. The summed E-state index contributed by atoms with van der Waals surface area (Å²) in [6.07, 6.45) is 0.350. The molecule has 0 atom stereocenters. The first-order valence-corrected chi connectivity index (χ1v) is 5.21. The van der Waals surface area contributed by atoms with Gasteiger partial charge in [-0.3, -0.25) is 13.9 Å². The Labute approximate surface area is 96.6 Å². The fraction of sp³-hybridized carbons (Fsp3) is 0.500. The Bertz CT molecular complexity index is 692. The second-order valence-electron chi connectivity index (χ2n) is 3.94. The van der Waals surface area contributed by atoms with Crippen molar-refractivity contribution in [3.05, 3.63) is 26.7 Å². The maximum Gasteiger partial charge on any atom is 0.332 e. The van der Waals surface area contributed by atoms with Crippen molar-refractivity contribution in [2.75, 3.05) is 6.61 Å². The zero-order valence-corrected chi connectivity index (χ0v) is 9.97. The molecule has 2 rings (SSSR count). The highest BCUT2D eigenvalue weighted by Crippen LogP contribution is 2.08. The van der Waals surface area contributed by atoms with E-state index in [0.717, 1.165) is 4.57 Å². The largest absolute Gasteiger partial charge is 0.396 e. The summed E-state index contributed by atoms with van der Waals surface area (Å²) in [6, 6.07) is 0. The van der Waals surface area contributed by atoms with Gasteiger partial charge in [0, 0.05) is 27.6 Å². The van der Waals surface area contributed by atoms with E-state index in [1.807, 2.05) is 0 Å². The predicted octanol–water partition coefficient (Wildman–Crippen LogP) is -1.49. The lowest BCUT2D eigenvalue weighted by molar-refractivity contribution is 0.295. The lowest BCUT2D eigenvalue weighted by atomic mass is 10.4. The Balaban J connectivity index is 2.97. The molecule has 0 radical (unpaired) electrons. The second kappa shape index (κ2) is 3.85. The van der Waals surface area contributed by atoms with Crippen molar-refractivity contribution in [3.8, 4) is 0 Å². The normalized spacial score (nSPS) is 11.3. The van der Waals surface area contributed by atoms with Crippen LogP contribution in [0.25, 0.3) is 11.2 Å². The Morgan fingerprint density at radius 3 is 2.35 bits per heavy atom. The SMILES string of the molecule is Cn1c(=O)c2c(nc(CCO)n2C)n(C)c1=O. The van der Waals surface area contributed by atoms with E-state index in [-0.39, 0.29) is 12.2 Å². The average Bonchev–Trinajstić information content (AvgIpc) is 2.62. The number of aliphatic hydroxyl groups excluding tert-OH is 1. The minimum Gasteiger partial charge on any atom is -0.396 e. The number of hydrogen-bond donors (Lipinski definition) is 1. The van der Waals surface area contributed by atoms with E-state index in [1.165, 1.54) is 11.6 Å². The standard InChI is InChI=1S/C10H14N4O3/c1-12-6(4-5-15)11-8-7(12)9(16)14(3)10(17)13(8)2/h15H,4-5H2,1-3H3. The van der Waals surface area contributed by atoms with Gasteiger partial charge in [-0.25, -0.2) is 9.78 Å². The first-order chi connectivity index (χ1) is 7.99. The summed E-state index contributed by atoms with van der Waals surface area (Å²) < 4.78 is 4.00. The van der Waals surface area contributed by atoms with Crippen molar-refractivity contribution in [1.29, 1.82) is 0 Å². The van der Waals surface area contributed by atoms with Crippen molar-refractivity contribution in [1.82, 2.24) is 18.7 Å². The van der Waals surface area contributed by atoms with Gasteiger partial charge in [0.05, 0.1) is 6.61 Å². The Kier molecular flexibility index (Phi) is 2.62. The number of nitrogens with zero attached hydrogens (tertiary/aromatic N) is 4. The highest BCUT2D eigenvalue weighted by Gasteiger charge is 2.16. The topological polar surface area (TPSA) is 82.1 Å². The van der Waals surface area contributed by atoms with Crippen molar-refractivity contribution in [3.63, 3.8) is 0 Å². The predicted molar refractivity (Wildman–Crippen MR) is 62.0 cm³/mol. The fourth-order valence-corrected chi connectivity index (χ4v) is 1.89. The molecule has 0 saturated carbocycles. The van der Waals surface area contributed by atoms with Crippen molar-refractivity contribution in [2.24, 2.45) is 21.1 Å². The maximum atomic E-state index is 12.0. The van der Waals surface area contributed by atoms with Crippen LogP contribution in [-0.2, 0) is 27.6 Å². The van der Waals surface area contributed by atoms with Crippen LogP contribution < -0.4 is 11.2 Å². The molecule has 0 unspecified atom stereocenters. The van der Waals surface area contributed by atoms with Crippen LogP contribution in [0, 0.1) is 0 Å². The molecule has 2 aromatic rings. The number of fused-ring (bicyclic) bond motifs is 1. The van der Waals surface area contributed by atoms with E-state index in [1.54, 1.807) is 18.7 Å². The van der Waals surface area contributed by atoms with E-state index in [0.29, 0.717) is 23.4 Å². The van der Waals surface area contributed by atoms with Crippen LogP contribution in [0.15, 0.2) is 9.59 Å². The molecular weight excluding hydrogens is 224 g/mol. The van der Waals surface area contributed by atoms with Crippen LogP contribution in [0.2, 0.25) is 0 Å². The number of aliphatic hydroxyl groups is 1. The second-order valence-corrected chi connectivity index (χ2v) is 3.94. The van der Waals surface area contributed by atoms with Gasteiger partial charge in [-0.05, 0) is 0 Å².